The Bertz CT molecular complexity index is 923. The third-order valence-electron chi connectivity index (χ3n) is 4.68. The van der Waals surface area contributed by atoms with E-state index in [0.29, 0.717) is 30.4 Å². The molecule has 6 nitrogen and oxygen atoms in total. The number of hydrogen-bond donors (Lipinski definition) is 1. The summed E-state index contributed by atoms with van der Waals surface area (Å²) in [6.45, 7) is 6.30. The highest BCUT2D eigenvalue weighted by atomic mass is 16.5. The molecule has 0 aliphatic carbocycles. The van der Waals surface area contributed by atoms with Crippen molar-refractivity contribution in [2.24, 2.45) is 0 Å². The fourth-order valence-electron chi connectivity index (χ4n) is 3.43. The molecule has 29 heavy (non-hydrogen) atoms. The maximum absolute atomic E-state index is 12.9. The summed E-state index contributed by atoms with van der Waals surface area (Å²) in [5.41, 5.74) is 2.52. The number of ether oxygens (including phenoxy) is 2. The van der Waals surface area contributed by atoms with Gasteiger partial charge in [0.15, 0.2) is 0 Å². The number of nitrogens with zero attached hydrogens (tertiary/aromatic N) is 1. The molecule has 0 fully saturated rings. The van der Waals surface area contributed by atoms with Crippen molar-refractivity contribution >= 4 is 23.6 Å². The molecule has 0 spiro atoms. The molecule has 0 radical (unpaired) electrons. The van der Waals surface area contributed by atoms with E-state index in [1.165, 1.54) is 6.92 Å². The summed E-state index contributed by atoms with van der Waals surface area (Å²) < 4.78 is 11.2. The summed E-state index contributed by atoms with van der Waals surface area (Å²) in [6.07, 6.45) is 3.76. The first-order chi connectivity index (χ1) is 14.0. The third kappa shape index (κ3) is 4.77. The Kier molecular flexibility index (Phi) is 6.54. The van der Waals surface area contributed by atoms with Crippen molar-refractivity contribution in [1.82, 2.24) is 4.90 Å². The number of nitrogens with one attached hydrogen (secondary N) is 1. The molecule has 2 aromatic rings. The van der Waals surface area contributed by atoms with Crippen LogP contribution in [0.5, 0.6) is 11.5 Å². The van der Waals surface area contributed by atoms with Gasteiger partial charge in [-0.15, -0.1) is 0 Å². The van der Waals surface area contributed by atoms with Gasteiger partial charge in [0.2, 0.25) is 11.8 Å². The number of fused-ring (bicyclic) bond motifs is 1. The van der Waals surface area contributed by atoms with Crippen molar-refractivity contribution in [3.05, 3.63) is 59.8 Å². The Morgan fingerprint density at radius 3 is 2.55 bits per heavy atom. The standard InChI is InChI=1S/C23H26N2O4/c1-4-28-18-10-11-22(29-5-2)20(14-18)24-23(27)15-21-19-9-7-6-8-17(19)12-13-25(21)16(3)26/h6-14,21H,4-5,15H2,1-3H3,(H,24,27)/t21-/m1/s1. The molecule has 0 saturated heterocycles. The van der Waals surface area contributed by atoms with Gasteiger partial charge in [-0.05, 0) is 43.2 Å². The largest absolute Gasteiger partial charge is 0.494 e. The van der Waals surface area contributed by atoms with Crippen LogP contribution in [0, 0.1) is 0 Å². The number of rotatable bonds is 7. The zero-order chi connectivity index (χ0) is 20.8. The summed E-state index contributed by atoms with van der Waals surface area (Å²) in [7, 11) is 0. The van der Waals surface area contributed by atoms with Crippen LogP contribution in [-0.4, -0.2) is 29.9 Å². The van der Waals surface area contributed by atoms with E-state index in [4.69, 9.17) is 9.47 Å². The quantitative estimate of drug-likeness (QED) is 0.756. The minimum atomic E-state index is -0.362. The van der Waals surface area contributed by atoms with Gasteiger partial charge in [-0.3, -0.25) is 9.59 Å². The van der Waals surface area contributed by atoms with Gasteiger partial charge in [-0.2, -0.15) is 0 Å². The Morgan fingerprint density at radius 2 is 1.83 bits per heavy atom. The fraction of sp³-hybridized carbons (Fsp3) is 0.304. The van der Waals surface area contributed by atoms with Crippen LogP contribution in [0.1, 0.15) is 44.4 Å². The van der Waals surface area contributed by atoms with Crippen molar-refractivity contribution in [3.8, 4) is 11.5 Å². The van der Waals surface area contributed by atoms with Gasteiger partial charge in [-0.25, -0.2) is 0 Å². The highest BCUT2D eigenvalue weighted by molar-refractivity contribution is 5.93. The van der Waals surface area contributed by atoms with E-state index >= 15 is 0 Å². The van der Waals surface area contributed by atoms with Gasteiger partial charge in [0.05, 0.1) is 31.4 Å². The number of anilines is 1. The lowest BCUT2D eigenvalue weighted by atomic mass is 9.93. The highest BCUT2D eigenvalue weighted by Crippen LogP contribution is 2.34. The van der Waals surface area contributed by atoms with Crippen molar-refractivity contribution in [3.63, 3.8) is 0 Å². The molecule has 0 saturated carbocycles. The minimum absolute atomic E-state index is 0.109. The van der Waals surface area contributed by atoms with Crippen LogP contribution in [0.4, 0.5) is 5.69 Å². The molecule has 0 bridgehead atoms. The second-order valence-electron chi connectivity index (χ2n) is 6.66. The topological polar surface area (TPSA) is 67.9 Å². The maximum Gasteiger partial charge on any atom is 0.226 e. The van der Waals surface area contributed by atoms with Crippen molar-refractivity contribution in [2.45, 2.75) is 33.2 Å². The summed E-state index contributed by atoms with van der Waals surface area (Å²) in [5.74, 6) is 0.919. The van der Waals surface area contributed by atoms with Gasteiger partial charge >= 0.3 is 0 Å². The van der Waals surface area contributed by atoms with E-state index in [1.54, 1.807) is 23.2 Å². The number of benzene rings is 2. The second kappa shape index (κ2) is 9.28. The lowest BCUT2D eigenvalue weighted by molar-refractivity contribution is -0.129. The highest BCUT2D eigenvalue weighted by Gasteiger charge is 2.28. The fourth-order valence-corrected chi connectivity index (χ4v) is 3.43. The first kappa shape index (κ1) is 20.5. The van der Waals surface area contributed by atoms with E-state index in [1.807, 2.05) is 50.3 Å². The summed E-state index contributed by atoms with van der Waals surface area (Å²) in [4.78, 5) is 26.6. The number of hydrogen-bond acceptors (Lipinski definition) is 4. The van der Waals surface area contributed by atoms with Gasteiger partial charge < -0.3 is 19.7 Å². The van der Waals surface area contributed by atoms with Crippen LogP contribution >= 0.6 is 0 Å². The molecule has 0 aromatic heterocycles. The zero-order valence-electron chi connectivity index (χ0n) is 17.0. The van der Waals surface area contributed by atoms with Crippen molar-refractivity contribution in [1.29, 1.82) is 0 Å². The van der Waals surface area contributed by atoms with Crippen molar-refractivity contribution in [2.75, 3.05) is 18.5 Å². The Hall–Kier alpha value is -3.28. The summed E-state index contributed by atoms with van der Waals surface area (Å²) in [5, 5.41) is 2.93. The molecule has 1 heterocycles. The molecule has 2 aromatic carbocycles. The van der Waals surface area contributed by atoms with E-state index in [2.05, 4.69) is 5.32 Å². The lowest BCUT2D eigenvalue weighted by Crippen LogP contribution is -2.33. The smallest absolute Gasteiger partial charge is 0.226 e. The number of amides is 2. The van der Waals surface area contributed by atoms with Gasteiger partial charge in [0.25, 0.3) is 0 Å². The molecule has 1 N–H and O–H groups in total. The van der Waals surface area contributed by atoms with E-state index in [9.17, 15) is 9.59 Å². The molecular weight excluding hydrogens is 368 g/mol. The summed E-state index contributed by atoms with van der Waals surface area (Å²) in [6, 6.07) is 12.8. The Morgan fingerprint density at radius 1 is 1.07 bits per heavy atom. The Labute approximate surface area is 171 Å². The minimum Gasteiger partial charge on any atom is -0.494 e. The Balaban J connectivity index is 1.83. The van der Waals surface area contributed by atoms with Crippen LogP contribution in [-0.2, 0) is 9.59 Å². The van der Waals surface area contributed by atoms with E-state index < -0.39 is 0 Å². The third-order valence-corrected chi connectivity index (χ3v) is 4.68. The zero-order valence-corrected chi connectivity index (χ0v) is 17.0. The molecule has 1 atom stereocenters. The van der Waals surface area contributed by atoms with E-state index in [-0.39, 0.29) is 24.3 Å². The normalized spacial score (nSPS) is 14.9. The molecule has 6 heteroatoms. The molecular formula is C23H26N2O4. The number of carbonyl (C=O) groups excluding carboxylic acids is 2. The number of carbonyl (C=O) groups is 2. The molecule has 3 rings (SSSR count). The molecule has 2 amide bonds. The van der Waals surface area contributed by atoms with Crippen LogP contribution < -0.4 is 14.8 Å². The van der Waals surface area contributed by atoms with Gasteiger partial charge in [0.1, 0.15) is 11.5 Å². The van der Waals surface area contributed by atoms with Crippen LogP contribution in [0.3, 0.4) is 0 Å². The average molecular weight is 394 g/mol. The average Bonchev–Trinajstić information content (AvgIpc) is 2.70. The van der Waals surface area contributed by atoms with Crippen LogP contribution in [0.15, 0.2) is 48.7 Å². The predicted molar refractivity (Wildman–Crippen MR) is 113 cm³/mol. The van der Waals surface area contributed by atoms with E-state index in [0.717, 1.165) is 11.1 Å². The molecule has 0 unspecified atom stereocenters. The summed E-state index contributed by atoms with van der Waals surface area (Å²) >= 11 is 0. The monoisotopic (exact) mass is 394 g/mol. The van der Waals surface area contributed by atoms with Crippen LogP contribution in [0.25, 0.3) is 6.08 Å². The second-order valence-corrected chi connectivity index (χ2v) is 6.66. The van der Waals surface area contributed by atoms with Crippen LogP contribution in [0.2, 0.25) is 0 Å². The van der Waals surface area contributed by atoms with Gasteiger partial charge in [0, 0.05) is 19.2 Å². The lowest BCUT2D eigenvalue weighted by Gasteiger charge is -2.32. The SMILES string of the molecule is CCOc1ccc(OCC)c(NC(=O)C[C@@H]2c3ccccc3C=CN2C(C)=O)c1. The molecule has 1 aliphatic rings. The predicted octanol–water partition coefficient (Wildman–Crippen LogP) is 4.39. The van der Waals surface area contributed by atoms with Crippen molar-refractivity contribution < 1.29 is 19.1 Å². The first-order valence-corrected chi connectivity index (χ1v) is 9.79. The maximum atomic E-state index is 12.9. The molecule has 152 valence electrons. The van der Waals surface area contributed by atoms with Gasteiger partial charge in [-0.1, -0.05) is 24.3 Å². The molecule has 1 aliphatic heterocycles. The first-order valence-electron chi connectivity index (χ1n) is 9.79.